The molecule has 1 aromatic heterocycles. The molecule has 1 atom stereocenters. The lowest BCUT2D eigenvalue weighted by Gasteiger charge is -2.09. The van der Waals surface area contributed by atoms with Gasteiger partial charge in [0.1, 0.15) is 6.04 Å². The molecule has 124 valence electrons. The number of halogens is 1. The Morgan fingerprint density at radius 3 is 2.57 bits per heavy atom. The highest BCUT2D eigenvalue weighted by Crippen LogP contribution is 2.27. The second-order valence-corrected chi connectivity index (χ2v) is 5.81. The maximum absolute atomic E-state index is 12.4. The predicted octanol–water partition coefficient (Wildman–Crippen LogP) is 0.761. The van der Waals surface area contributed by atoms with Gasteiger partial charge in [0.05, 0.1) is 20.8 Å². The van der Waals surface area contributed by atoms with Crippen molar-refractivity contribution < 1.29 is 14.3 Å². The number of methoxy groups -OCH3 is 2. The molecule has 2 N–H and O–H groups in total. The van der Waals surface area contributed by atoms with Gasteiger partial charge in [0.25, 0.3) is 0 Å². The Morgan fingerprint density at radius 2 is 2.00 bits per heavy atom. The number of nitrogens with zero attached hydrogens (tertiary/aromatic N) is 3. The molecule has 8 nitrogen and oxygen atoms in total. The Hall–Kier alpha value is -2.04. The SMILES string of the molecule is COc1ccc(Cn2nc(I)n([C@H](C)C(N)=O)c2=O)cc1OC. The molecule has 0 saturated heterocycles. The van der Waals surface area contributed by atoms with E-state index in [1.807, 2.05) is 28.7 Å². The first-order valence-electron chi connectivity index (χ1n) is 6.74. The molecule has 1 heterocycles. The molecule has 2 aromatic rings. The number of amides is 1. The van der Waals surface area contributed by atoms with Crippen molar-refractivity contribution in [2.45, 2.75) is 19.5 Å². The summed E-state index contributed by atoms with van der Waals surface area (Å²) in [5.41, 5.74) is 5.69. The van der Waals surface area contributed by atoms with Crippen molar-refractivity contribution in [3.05, 3.63) is 38.1 Å². The molecule has 1 aromatic carbocycles. The van der Waals surface area contributed by atoms with E-state index in [-0.39, 0.29) is 6.54 Å². The van der Waals surface area contributed by atoms with Crippen LogP contribution in [0.1, 0.15) is 18.5 Å². The topological polar surface area (TPSA) is 101 Å². The van der Waals surface area contributed by atoms with Crippen LogP contribution in [0.5, 0.6) is 11.5 Å². The minimum Gasteiger partial charge on any atom is -0.493 e. The molecule has 0 saturated carbocycles. The summed E-state index contributed by atoms with van der Waals surface area (Å²) in [4.78, 5) is 23.7. The van der Waals surface area contributed by atoms with Gasteiger partial charge in [-0.1, -0.05) is 6.07 Å². The Balaban J connectivity index is 2.37. The summed E-state index contributed by atoms with van der Waals surface area (Å²) < 4.78 is 13.4. The highest BCUT2D eigenvalue weighted by Gasteiger charge is 2.20. The average Bonchev–Trinajstić information content (AvgIpc) is 2.80. The number of ether oxygens (including phenoxy) is 2. The highest BCUT2D eigenvalue weighted by molar-refractivity contribution is 14.1. The normalized spacial score (nSPS) is 12.0. The van der Waals surface area contributed by atoms with Gasteiger partial charge in [-0.15, -0.1) is 5.10 Å². The summed E-state index contributed by atoms with van der Waals surface area (Å²) in [6.07, 6.45) is 0. The summed E-state index contributed by atoms with van der Waals surface area (Å²) >= 11 is 1.90. The second-order valence-electron chi connectivity index (χ2n) is 4.85. The molecule has 2 rings (SSSR count). The van der Waals surface area contributed by atoms with Crippen LogP contribution in [-0.2, 0) is 11.3 Å². The summed E-state index contributed by atoms with van der Waals surface area (Å²) in [5.74, 6) is 0.583. The maximum atomic E-state index is 12.4. The van der Waals surface area contributed by atoms with E-state index in [2.05, 4.69) is 5.10 Å². The molecule has 0 spiro atoms. The average molecular weight is 432 g/mol. The molecule has 0 aliphatic carbocycles. The first-order valence-corrected chi connectivity index (χ1v) is 7.82. The first-order chi connectivity index (χ1) is 10.9. The lowest BCUT2D eigenvalue weighted by Crippen LogP contribution is -2.34. The molecular formula is C14H17IN4O4. The quantitative estimate of drug-likeness (QED) is 0.680. The van der Waals surface area contributed by atoms with Crippen LogP contribution in [0.15, 0.2) is 23.0 Å². The Labute approximate surface area is 146 Å². The van der Waals surface area contributed by atoms with Crippen molar-refractivity contribution >= 4 is 28.5 Å². The van der Waals surface area contributed by atoms with E-state index in [9.17, 15) is 9.59 Å². The maximum Gasteiger partial charge on any atom is 0.347 e. The van der Waals surface area contributed by atoms with Gasteiger partial charge < -0.3 is 15.2 Å². The molecular weight excluding hydrogens is 415 g/mol. The third kappa shape index (κ3) is 3.49. The van der Waals surface area contributed by atoms with Crippen molar-refractivity contribution in [3.63, 3.8) is 0 Å². The van der Waals surface area contributed by atoms with Crippen molar-refractivity contribution in [1.29, 1.82) is 0 Å². The number of rotatable bonds is 6. The van der Waals surface area contributed by atoms with Gasteiger partial charge >= 0.3 is 5.69 Å². The van der Waals surface area contributed by atoms with Crippen LogP contribution >= 0.6 is 22.6 Å². The van der Waals surface area contributed by atoms with E-state index >= 15 is 0 Å². The first kappa shape index (κ1) is 17.3. The van der Waals surface area contributed by atoms with Crippen LogP contribution in [0.25, 0.3) is 0 Å². The van der Waals surface area contributed by atoms with E-state index in [1.165, 1.54) is 9.25 Å². The summed E-state index contributed by atoms with van der Waals surface area (Å²) in [5, 5.41) is 4.18. The largest absolute Gasteiger partial charge is 0.493 e. The fourth-order valence-electron chi connectivity index (χ4n) is 2.10. The zero-order valence-electron chi connectivity index (χ0n) is 12.9. The van der Waals surface area contributed by atoms with Gasteiger partial charge in [-0.3, -0.25) is 9.36 Å². The number of hydrogen-bond donors (Lipinski definition) is 1. The van der Waals surface area contributed by atoms with Gasteiger partial charge in [0, 0.05) is 22.6 Å². The van der Waals surface area contributed by atoms with E-state index in [0.717, 1.165) is 5.56 Å². The Morgan fingerprint density at radius 1 is 1.35 bits per heavy atom. The van der Waals surface area contributed by atoms with E-state index in [0.29, 0.717) is 15.3 Å². The van der Waals surface area contributed by atoms with Crippen molar-refractivity contribution in [3.8, 4) is 11.5 Å². The molecule has 9 heteroatoms. The fraction of sp³-hybridized carbons (Fsp3) is 0.357. The van der Waals surface area contributed by atoms with Gasteiger partial charge in [-0.2, -0.15) is 0 Å². The van der Waals surface area contributed by atoms with Crippen LogP contribution in [0.2, 0.25) is 0 Å². The van der Waals surface area contributed by atoms with E-state index in [4.69, 9.17) is 15.2 Å². The van der Waals surface area contributed by atoms with Gasteiger partial charge in [-0.05, 0) is 24.6 Å². The summed E-state index contributed by atoms with van der Waals surface area (Å²) in [7, 11) is 3.09. The molecule has 0 unspecified atom stereocenters. The number of aromatic nitrogens is 3. The number of nitrogens with two attached hydrogens (primary N) is 1. The third-order valence-electron chi connectivity index (χ3n) is 3.41. The second kappa shape index (κ2) is 7.02. The van der Waals surface area contributed by atoms with Crippen molar-refractivity contribution in [2.24, 2.45) is 5.73 Å². The van der Waals surface area contributed by atoms with Crippen molar-refractivity contribution in [2.75, 3.05) is 14.2 Å². The Bertz CT molecular complexity index is 784. The van der Waals surface area contributed by atoms with Gasteiger partial charge in [0.15, 0.2) is 15.3 Å². The molecule has 0 radical (unpaired) electrons. The highest BCUT2D eigenvalue weighted by atomic mass is 127. The molecule has 23 heavy (non-hydrogen) atoms. The zero-order valence-corrected chi connectivity index (χ0v) is 15.1. The zero-order chi connectivity index (χ0) is 17.1. The van der Waals surface area contributed by atoms with Crippen LogP contribution in [-0.4, -0.2) is 34.5 Å². The molecule has 0 aliphatic rings. The number of primary amides is 1. The van der Waals surface area contributed by atoms with Crippen LogP contribution in [0, 0.1) is 3.83 Å². The van der Waals surface area contributed by atoms with Crippen LogP contribution in [0.4, 0.5) is 0 Å². The number of carbonyl (C=O) groups excluding carboxylic acids is 1. The van der Waals surface area contributed by atoms with Crippen molar-refractivity contribution in [1.82, 2.24) is 14.3 Å². The molecule has 0 aliphatic heterocycles. The Kier molecular flexibility index (Phi) is 5.29. The minimum atomic E-state index is -0.756. The number of benzene rings is 1. The summed E-state index contributed by atoms with van der Waals surface area (Å²) in [6, 6.07) is 4.59. The molecule has 0 bridgehead atoms. The van der Waals surface area contributed by atoms with Crippen LogP contribution in [0.3, 0.4) is 0 Å². The van der Waals surface area contributed by atoms with Gasteiger partial charge in [-0.25, -0.2) is 9.48 Å². The molecule has 1 amide bonds. The predicted molar refractivity (Wildman–Crippen MR) is 91.8 cm³/mol. The lowest BCUT2D eigenvalue weighted by molar-refractivity contribution is -0.120. The standard InChI is InChI=1S/C14H17IN4O4/c1-8(12(16)20)19-13(15)17-18(14(19)21)7-9-4-5-10(22-2)11(6-9)23-3/h4-6,8H,7H2,1-3H3,(H2,16,20)/t8-/m1/s1. The number of hydrogen-bond acceptors (Lipinski definition) is 5. The molecule has 0 fully saturated rings. The minimum absolute atomic E-state index is 0.244. The third-order valence-corrected chi connectivity index (χ3v) is 4.14. The van der Waals surface area contributed by atoms with Crippen LogP contribution < -0.4 is 20.9 Å². The lowest BCUT2D eigenvalue weighted by atomic mass is 10.2. The number of carbonyl (C=O) groups is 1. The van der Waals surface area contributed by atoms with Gasteiger partial charge in [0.2, 0.25) is 5.91 Å². The van der Waals surface area contributed by atoms with E-state index in [1.54, 1.807) is 33.3 Å². The monoisotopic (exact) mass is 432 g/mol. The van der Waals surface area contributed by atoms with E-state index < -0.39 is 17.6 Å². The summed E-state index contributed by atoms with van der Waals surface area (Å²) in [6.45, 7) is 1.81. The smallest absolute Gasteiger partial charge is 0.347 e. The fourth-order valence-corrected chi connectivity index (χ4v) is 2.99.